The number of aromatic nitrogens is 1. The third-order valence-electron chi connectivity index (χ3n) is 3.36. The molecule has 6 nitrogen and oxygen atoms in total. The second-order valence-electron chi connectivity index (χ2n) is 5.33. The highest BCUT2D eigenvalue weighted by Gasteiger charge is 2.37. The van der Waals surface area contributed by atoms with E-state index in [1.165, 1.54) is 10.5 Å². The minimum absolute atomic E-state index is 0.0274. The third kappa shape index (κ3) is 3.11. The zero-order chi connectivity index (χ0) is 14.8. The number of hydrogen-bond donors (Lipinski definition) is 2. The first-order valence-electron chi connectivity index (χ1n) is 6.78. The number of anilines is 1. The Morgan fingerprint density at radius 3 is 2.95 bits per heavy atom. The van der Waals surface area contributed by atoms with Gasteiger partial charge in [-0.15, -0.1) is 0 Å². The van der Waals surface area contributed by atoms with Crippen molar-refractivity contribution in [1.29, 1.82) is 0 Å². The quantitative estimate of drug-likeness (QED) is 0.868. The molecule has 0 spiro atoms. The summed E-state index contributed by atoms with van der Waals surface area (Å²) in [6.07, 6.45) is 2.73. The van der Waals surface area contributed by atoms with Crippen LogP contribution in [0.25, 0.3) is 0 Å². The maximum Gasteiger partial charge on any atom is 0.262 e. The van der Waals surface area contributed by atoms with Crippen molar-refractivity contribution in [2.75, 3.05) is 25.0 Å². The third-order valence-corrected chi connectivity index (χ3v) is 5.17. The summed E-state index contributed by atoms with van der Waals surface area (Å²) in [6.45, 7) is 4.71. The molecule has 1 aromatic rings. The molecule has 1 fully saturated rings. The van der Waals surface area contributed by atoms with E-state index in [-0.39, 0.29) is 11.6 Å². The molecule has 2 N–H and O–H groups in total. The summed E-state index contributed by atoms with van der Waals surface area (Å²) >= 11 is 0. The average Bonchev–Trinajstić information content (AvgIpc) is 2.38. The normalized spacial score (nSPS) is 24.6. The van der Waals surface area contributed by atoms with Crippen molar-refractivity contribution in [1.82, 2.24) is 9.29 Å². The van der Waals surface area contributed by atoms with E-state index < -0.39 is 15.6 Å². The smallest absolute Gasteiger partial charge is 0.262 e. The molecule has 0 saturated carbocycles. The van der Waals surface area contributed by atoms with Gasteiger partial charge in [0.15, 0.2) is 5.03 Å². The molecule has 0 bridgehead atoms. The van der Waals surface area contributed by atoms with Crippen molar-refractivity contribution >= 4 is 15.7 Å². The maximum absolute atomic E-state index is 12.7. The first-order chi connectivity index (χ1) is 9.37. The number of piperidine rings is 1. The fraction of sp³-hybridized carbons (Fsp3) is 0.615. The van der Waals surface area contributed by atoms with Crippen molar-refractivity contribution in [2.24, 2.45) is 0 Å². The number of nitrogens with zero attached hydrogens (tertiary/aromatic N) is 2. The van der Waals surface area contributed by atoms with Gasteiger partial charge in [-0.3, -0.25) is 0 Å². The molecule has 20 heavy (non-hydrogen) atoms. The fourth-order valence-corrected chi connectivity index (χ4v) is 4.10. The van der Waals surface area contributed by atoms with E-state index in [9.17, 15) is 13.5 Å². The molecule has 0 aromatic carbocycles. The summed E-state index contributed by atoms with van der Waals surface area (Å²) in [5, 5.41) is 13.1. The molecule has 1 aromatic heterocycles. The molecule has 7 heteroatoms. The Kier molecular flexibility index (Phi) is 4.31. The van der Waals surface area contributed by atoms with Gasteiger partial charge in [0, 0.05) is 25.8 Å². The van der Waals surface area contributed by atoms with Gasteiger partial charge in [-0.25, -0.2) is 13.4 Å². The van der Waals surface area contributed by atoms with Gasteiger partial charge in [-0.1, -0.05) is 0 Å². The summed E-state index contributed by atoms with van der Waals surface area (Å²) in [7, 11) is -3.69. The average molecular weight is 299 g/mol. The molecule has 0 amide bonds. The highest BCUT2D eigenvalue weighted by atomic mass is 32.2. The lowest BCUT2D eigenvalue weighted by molar-refractivity contribution is 0.00935. The van der Waals surface area contributed by atoms with Gasteiger partial charge in [0.05, 0.1) is 11.3 Å². The topological polar surface area (TPSA) is 82.5 Å². The van der Waals surface area contributed by atoms with E-state index in [0.717, 1.165) is 0 Å². The van der Waals surface area contributed by atoms with E-state index >= 15 is 0 Å². The highest BCUT2D eigenvalue weighted by molar-refractivity contribution is 7.89. The van der Waals surface area contributed by atoms with Crippen molar-refractivity contribution in [2.45, 2.75) is 37.3 Å². The molecular formula is C13H21N3O3S. The van der Waals surface area contributed by atoms with Gasteiger partial charge in [0.1, 0.15) is 0 Å². The lowest BCUT2D eigenvalue weighted by Crippen LogP contribution is -2.48. The van der Waals surface area contributed by atoms with E-state index in [4.69, 9.17) is 0 Å². The molecule has 1 aliphatic heterocycles. The van der Waals surface area contributed by atoms with Crippen LogP contribution in [0.1, 0.15) is 26.7 Å². The number of sulfonamides is 1. The van der Waals surface area contributed by atoms with Crippen LogP contribution in [-0.4, -0.2) is 48.0 Å². The van der Waals surface area contributed by atoms with Crippen LogP contribution in [0.15, 0.2) is 23.4 Å². The van der Waals surface area contributed by atoms with Crippen LogP contribution < -0.4 is 5.32 Å². The molecule has 2 heterocycles. The molecule has 1 aliphatic rings. The summed E-state index contributed by atoms with van der Waals surface area (Å²) < 4.78 is 26.7. The van der Waals surface area contributed by atoms with Gasteiger partial charge in [0.25, 0.3) is 10.0 Å². The van der Waals surface area contributed by atoms with Crippen LogP contribution in [0.5, 0.6) is 0 Å². The van der Waals surface area contributed by atoms with Crippen molar-refractivity contribution in [3.05, 3.63) is 18.3 Å². The Bertz CT molecular complexity index is 572. The molecule has 2 rings (SSSR count). The monoisotopic (exact) mass is 299 g/mol. The number of pyridine rings is 1. The summed E-state index contributed by atoms with van der Waals surface area (Å²) in [5.74, 6) is 0. The SMILES string of the molecule is CCNc1cccnc1S(=O)(=O)N1CCCC(C)(O)C1. The van der Waals surface area contributed by atoms with Crippen LogP contribution in [0.4, 0.5) is 5.69 Å². The van der Waals surface area contributed by atoms with Gasteiger partial charge in [0.2, 0.25) is 0 Å². The number of β-amino-alcohol motifs (C(OH)–C–C–N with tert-alkyl or cyclic N) is 1. The second-order valence-corrected chi connectivity index (χ2v) is 7.18. The number of aliphatic hydroxyl groups is 1. The lowest BCUT2D eigenvalue weighted by atomic mass is 9.97. The molecule has 0 aliphatic carbocycles. The van der Waals surface area contributed by atoms with Crippen molar-refractivity contribution in [3.8, 4) is 0 Å². The van der Waals surface area contributed by atoms with E-state index in [1.54, 1.807) is 19.1 Å². The summed E-state index contributed by atoms with van der Waals surface area (Å²) in [5.41, 5.74) is -0.474. The van der Waals surface area contributed by atoms with Gasteiger partial charge in [-0.2, -0.15) is 4.31 Å². The zero-order valence-corrected chi connectivity index (χ0v) is 12.7. The Morgan fingerprint density at radius 2 is 2.30 bits per heavy atom. The van der Waals surface area contributed by atoms with Crippen LogP contribution in [0, 0.1) is 0 Å². The standard InChI is InChI=1S/C13H21N3O3S/c1-3-14-11-6-4-8-15-12(11)20(18,19)16-9-5-7-13(2,17)10-16/h4,6,8,14,17H,3,5,7,9-10H2,1-2H3. The van der Waals surface area contributed by atoms with Crippen LogP contribution in [0.3, 0.4) is 0 Å². The van der Waals surface area contributed by atoms with Gasteiger partial charge < -0.3 is 10.4 Å². The minimum Gasteiger partial charge on any atom is -0.389 e. The summed E-state index contributed by atoms with van der Waals surface area (Å²) in [4.78, 5) is 4.02. The Balaban J connectivity index is 2.35. The van der Waals surface area contributed by atoms with Crippen LogP contribution in [0.2, 0.25) is 0 Å². The fourth-order valence-electron chi connectivity index (χ4n) is 2.42. The molecule has 1 saturated heterocycles. The first kappa shape index (κ1) is 15.2. The molecule has 1 unspecified atom stereocenters. The second kappa shape index (κ2) is 5.67. The predicted octanol–water partition coefficient (Wildman–Crippen LogP) is 1.05. The lowest BCUT2D eigenvalue weighted by Gasteiger charge is -2.35. The van der Waals surface area contributed by atoms with E-state index in [2.05, 4.69) is 10.3 Å². The Labute approximate surface area is 119 Å². The van der Waals surface area contributed by atoms with Gasteiger partial charge >= 0.3 is 0 Å². The minimum atomic E-state index is -3.69. The van der Waals surface area contributed by atoms with E-state index in [1.807, 2.05) is 6.92 Å². The van der Waals surface area contributed by atoms with Crippen molar-refractivity contribution in [3.63, 3.8) is 0 Å². The van der Waals surface area contributed by atoms with E-state index in [0.29, 0.717) is 31.6 Å². The number of hydrogen-bond acceptors (Lipinski definition) is 5. The summed E-state index contributed by atoms with van der Waals surface area (Å²) in [6, 6.07) is 3.40. The largest absolute Gasteiger partial charge is 0.389 e. The maximum atomic E-state index is 12.7. The Morgan fingerprint density at radius 1 is 1.55 bits per heavy atom. The highest BCUT2D eigenvalue weighted by Crippen LogP contribution is 2.28. The number of nitrogens with one attached hydrogen (secondary N) is 1. The first-order valence-corrected chi connectivity index (χ1v) is 8.22. The van der Waals surface area contributed by atoms with Gasteiger partial charge in [-0.05, 0) is 38.8 Å². The molecule has 0 radical (unpaired) electrons. The molecule has 1 atom stereocenters. The number of rotatable bonds is 4. The molecular weight excluding hydrogens is 278 g/mol. The Hall–Kier alpha value is -1.18. The predicted molar refractivity (Wildman–Crippen MR) is 77.0 cm³/mol. The zero-order valence-electron chi connectivity index (χ0n) is 11.8. The van der Waals surface area contributed by atoms with Crippen LogP contribution >= 0.6 is 0 Å². The molecule has 112 valence electrons. The van der Waals surface area contributed by atoms with Crippen LogP contribution in [-0.2, 0) is 10.0 Å². The van der Waals surface area contributed by atoms with Crippen molar-refractivity contribution < 1.29 is 13.5 Å².